The first-order valence-corrected chi connectivity index (χ1v) is 5.09. The monoisotopic (exact) mass is 237 g/mol. The van der Waals surface area contributed by atoms with Crippen LogP contribution >= 0.6 is 0 Å². The quantitative estimate of drug-likeness (QED) is 0.599. The Morgan fingerprint density at radius 3 is 2.76 bits per heavy atom. The summed E-state index contributed by atoms with van der Waals surface area (Å²) in [5, 5.41) is 13.8. The van der Waals surface area contributed by atoms with Gasteiger partial charge in [0.05, 0.1) is 6.61 Å². The van der Waals surface area contributed by atoms with Gasteiger partial charge in [-0.05, 0) is 24.6 Å². The molecule has 3 amide bonds. The number of hydrogen-bond donors (Lipinski definition) is 4. The van der Waals surface area contributed by atoms with E-state index in [0.29, 0.717) is 5.69 Å². The van der Waals surface area contributed by atoms with Crippen LogP contribution in [0.5, 0.6) is 0 Å². The highest BCUT2D eigenvalue weighted by Gasteiger charge is 2.13. The number of carbonyl (C=O) groups is 2. The minimum absolute atomic E-state index is 0.0720. The molecule has 1 rings (SSSR count). The predicted molar refractivity (Wildman–Crippen MR) is 63.2 cm³/mol. The van der Waals surface area contributed by atoms with Crippen molar-refractivity contribution in [3.05, 3.63) is 29.8 Å². The normalized spacial score (nSPS) is 11.6. The van der Waals surface area contributed by atoms with Gasteiger partial charge in [-0.2, -0.15) is 0 Å². The van der Waals surface area contributed by atoms with E-state index >= 15 is 0 Å². The summed E-state index contributed by atoms with van der Waals surface area (Å²) in [6.45, 7) is 1.53. The summed E-state index contributed by atoms with van der Waals surface area (Å²) in [6.07, 6.45) is 0. The van der Waals surface area contributed by atoms with Gasteiger partial charge in [0, 0.05) is 5.69 Å². The van der Waals surface area contributed by atoms with Crippen molar-refractivity contribution in [3.63, 3.8) is 0 Å². The lowest BCUT2D eigenvalue weighted by Gasteiger charge is -2.14. The molecular formula is C11H15N3O3. The fourth-order valence-corrected chi connectivity index (χ4v) is 1.30. The molecule has 1 aromatic carbocycles. The Morgan fingerprint density at radius 1 is 1.47 bits per heavy atom. The molecule has 6 heteroatoms. The van der Waals surface area contributed by atoms with Crippen LogP contribution in [0.2, 0.25) is 0 Å². The van der Waals surface area contributed by atoms with Crippen molar-refractivity contribution in [2.24, 2.45) is 5.73 Å². The average molecular weight is 237 g/mol. The molecule has 17 heavy (non-hydrogen) atoms. The van der Waals surface area contributed by atoms with Crippen LogP contribution in [-0.4, -0.2) is 23.1 Å². The third-order valence-corrected chi connectivity index (χ3v) is 2.13. The second-order valence-corrected chi connectivity index (χ2v) is 3.58. The Labute approximate surface area is 98.8 Å². The molecule has 1 atom stereocenters. The lowest BCUT2D eigenvalue weighted by molar-refractivity contribution is -0.120. The summed E-state index contributed by atoms with van der Waals surface area (Å²) in [4.78, 5) is 21.9. The Kier molecular flexibility index (Phi) is 4.47. The SMILES string of the molecule is C[C@@H](Nc1cccc(CO)c1)C(=O)NC(N)=O. The maximum Gasteiger partial charge on any atom is 0.318 e. The fourth-order valence-electron chi connectivity index (χ4n) is 1.30. The molecule has 92 valence electrons. The van der Waals surface area contributed by atoms with Crippen molar-refractivity contribution >= 4 is 17.6 Å². The smallest absolute Gasteiger partial charge is 0.318 e. The summed E-state index contributed by atoms with van der Waals surface area (Å²) < 4.78 is 0. The second-order valence-electron chi connectivity index (χ2n) is 3.58. The Morgan fingerprint density at radius 2 is 2.18 bits per heavy atom. The van der Waals surface area contributed by atoms with Crippen molar-refractivity contribution in [1.29, 1.82) is 0 Å². The maximum absolute atomic E-state index is 11.4. The zero-order chi connectivity index (χ0) is 12.8. The lowest BCUT2D eigenvalue weighted by Crippen LogP contribution is -2.43. The number of hydrogen-bond acceptors (Lipinski definition) is 4. The van der Waals surface area contributed by atoms with Crippen LogP contribution in [0.15, 0.2) is 24.3 Å². The van der Waals surface area contributed by atoms with Gasteiger partial charge in [-0.3, -0.25) is 10.1 Å². The van der Waals surface area contributed by atoms with Gasteiger partial charge in [0.2, 0.25) is 5.91 Å². The maximum atomic E-state index is 11.4. The number of aliphatic hydroxyl groups is 1. The number of urea groups is 1. The number of rotatable bonds is 4. The number of anilines is 1. The van der Waals surface area contributed by atoms with Crippen LogP contribution in [0.4, 0.5) is 10.5 Å². The van der Waals surface area contributed by atoms with Crippen molar-refractivity contribution < 1.29 is 14.7 Å². The van der Waals surface area contributed by atoms with E-state index in [0.717, 1.165) is 5.56 Å². The number of amides is 3. The minimum Gasteiger partial charge on any atom is -0.392 e. The van der Waals surface area contributed by atoms with Gasteiger partial charge in [0.15, 0.2) is 0 Å². The molecule has 0 fully saturated rings. The highest BCUT2D eigenvalue weighted by Crippen LogP contribution is 2.11. The van der Waals surface area contributed by atoms with E-state index in [-0.39, 0.29) is 6.61 Å². The van der Waals surface area contributed by atoms with Crippen LogP contribution in [0.1, 0.15) is 12.5 Å². The summed E-state index contributed by atoms with van der Waals surface area (Å²) in [5.74, 6) is -0.507. The van der Waals surface area contributed by atoms with E-state index in [4.69, 9.17) is 10.8 Å². The molecule has 0 radical (unpaired) electrons. The summed E-state index contributed by atoms with van der Waals surface area (Å²) in [6, 6.07) is 5.51. The van der Waals surface area contributed by atoms with Crippen molar-refractivity contribution in [3.8, 4) is 0 Å². The van der Waals surface area contributed by atoms with E-state index < -0.39 is 18.0 Å². The lowest BCUT2D eigenvalue weighted by atomic mass is 10.2. The van der Waals surface area contributed by atoms with Gasteiger partial charge >= 0.3 is 6.03 Å². The molecule has 0 aliphatic carbocycles. The van der Waals surface area contributed by atoms with Crippen LogP contribution in [0.3, 0.4) is 0 Å². The van der Waals surface area contributed by atoms with E-state index in [1.54, 1.807) is 31.2 Å². The first kappa shape index (κ1) is 13.0. The van der Waals surface area contributed by atoms with E-state index in [2.05, 4.69) is 5.32 Å². The summed E-state index contributed by atoms with van der Waals surface area (Å²) in [5.41, 5.74) is 6.26. The molecule has 1 aromatic rings. The third-order valence-electron chi connectivity index (χ3n) is 2.13. The number of nitrogens with one attached hydrogen (secondary N) is 2. The molecule has 0 aliphatic heterocycles. The van der Waals surface area contributed by atoms with Crippen LogP contribution in [0.25, 0.3) is 0 Å². The predicted octanol–water partition coefficient (Wildman–Crippen LogP) is 0.174. The Hall–Kier alpha value is -2.08. The molecule has 0 aromatic heterocycles. The number of aliphatic hydroxyl groups excluding tert-OH is 1. The van der Waals surface area contributed by atoms with Gasteiger partial charge < -0.3 is 16.2 Å². The van der Waals surface area contributed by atoms with Gasteiger partial charge in [0.1, 0.15) is 6.04 Å². The molecule has 0 aliphatic rings. The largest absolute Gasteiger partial charge is 0.392 e. The van der Waals surface area contributed by atoms with Gasteiger partial charge in [-0.15, -0.1) is 0 Å². The minimum atomic E-state index is -0.882. The molecule has 0 heterocycles. The van der Waals surface area contributed by atoms with E-state index in [1.165, 1.54) is 0 Å². The van der Waals surface area contributed by atoms with E-state index in [1.807, 2.05) is 5.32 Å². The Bertz CT molecular complexity index is 420. The number of benzene rings is 1. The topological polar surface area (TPSA) is 104 Å². The number of carbonyl (C=O) groups excluding carboxylic acids is 2. The van der Waals surface area contributed by atoms with Crippen LogP contribution in [0, 0.1) is 0 Å². The molecule has 0 saturated carbocycles. The summed E-state index contributed by atoms with van der Waals surface area (Å²) >= 11 is 0. The fraction of sp³-hybridized carbons (Fsp3) is 0.273. The third kappa shape index (κ3) is 4.12. The number of imide groups is 1. The van der Waals surface area contributed by atoms with Gasteiger partial charge in [-0.1, -0.05) is 12.1 Å². The zero-order valence-electron chi connectivity index (χ0n) is 9.43. The molecule has 0 bridgehead atoms. The van der Waals surface area contributed by atoms with E-state index in [9.17, 15) is 9.59 Å². The van der Waals surface area contributed by atoms with Crippen molar-refractivity contribution in [2.45, 2.75) is 19.6 Å². The Balaban J connectivity index is 2.63. The second kappa shape index (κ2) is 5.86. The molecule has 5 N–H and O–H groups in total. The summed E-state index contributed by atoms with van der Waals surface area (Å²) in [7, 11) is 0. The highest BCUT2D eigenvalue weighted by atomic mass is 16.3. The average Bonchev–Trinajstić information content (AvgIpc) is 2.28. The first-order valence-electron chi connectivity index (χ1n) is 5.09. The molecule has 6 nitrogen and oxygen atoms in total. The van der Waals surface area contributed by atoms with Crippen LogP contribution in [-0.2, 0) is 11.4 Å². The molecule has 0 saturated heterocycles. The zero-order valence-corrected chi connectivity index (χ0v) is 9.43. The molecule has 0 unspecified atom stereocenters. The number of primary amides is 1. The van der Waals surface area contributed by atoms with Gasteiger partial charge in [0.25, 0.3) is 0 Å². The highest BCUT2D eigenvalue weighted by molar-refractivity contribution is 5.97. The van der Waals surface area contributed by atoms with Crippen LogP contribution < -0.4 is 16.4 Å². The molecular weight excluding hydrogens is 222 g/mol. The van der Waals surface area contributed by atoms with Crippen molar-refractivity contribution in [1.82, 2.24) is 5.32 Å². The first-order chi connectivity index (χ1) is 8.02. The van der Waals surface area contributed by atoms with Crippen molar-refractivity contribution in [2.75, 3.05) is 5.32 Å². The number of nitrogens with two attached hydrogens (primary N) is 1. The standard InChI is InChI=1S/C11H15N3O3/c1-7(10(16)14-11(12)17)13-9-4-2-3-8(5-9)6-15/h2-5,7,13,15H,6H2,1H3,(H3,12,14,16,17)/t7-/m1/s1. The van der Waals surface area contributed by atoms with Gasteiger partial charge in [-0.25, -0.2) is 4.79 Å². The molecule has 0 spiro atoms.